The fraction of sp³-hybridized carbons (Fsp3) is 0.444. The number of aromatic nitrogens is 2. The van der Waals surface area contributed by atoms with Crippen LogP contribution in [0.2, 0.25) is 0 Å². The number of aryl methyl sites for hydroxylation is 1. The van der Waals surface area contributed by atoms with Crippen molar-refractivity contribution < 1.29 is 19.1 Å². The highest BCUT2D eigenvalue weighted by atomic mass is 32.1. The molecule has 27 heavy (non-hydrogen) atoms. The maximum absolute atomic E-state index is 12.3. The number of methoxy groups -OCH3 is 1. The summed E-state index contributed by atoms with van der Waals surface area (Å²) in [5, 5.41) is 3.88. The van der Waals surface area contributed by atoms with Crippen molar-refractivity contribution in [3.63, 3.8) is 0 Å². The Balaban J connectivity index is 1.47. The molecule has 1 saturated heterocycles. The van der Waals surface area contributed by atoms with Gasteiger partial charge in [0.05, 0.1) is 12.8 Å². The van der Waals surface area contributed by atoms with Crippen molar-refractivity contribution in [1.29, 1.82) is 0 Å². The molecule has 1 aromatic carbocycles. The first-order chi connectivity index (χ1) is 13.1. The molecule has 9 heteroatoms. The van der Waals surface area contributed by atoms with E-state index in [1.54, 1.807) is 12.0 Å². The van der Waals surface area contributed by atoms with Crippen LogP contribution in [0.15, 0.2) is 24.3 Å². The number of esters is 1. The summed E-state index contributed by atoms with van der Waals surface area (Å²) < 4.78 is 14.1. The van der Waals surface area contributed by atoms with Crippen molar-refractivity contribution in [1.82, 2.24) is 14.5 Å². The number of nitrogens with zero attached hydrogens (tertiary/aromatic N) is 4. The van der Waals surface area contributed by atoms with Gasteiger partial charge in [0.15, 0.2) is 11.5 Å². The minimum atomic E-state index is -0.535. The van der Waals surface area contributed by atoms with Gasteiger partial charge in [-0.25, -0.2) is 4.79 Å². The van der Waals surface area contributed by atoms with E-state index in [1.807, 2.05) is 31.2 Å². The molecular formula is C18H22N4O4S. The summed E-state index contributed by atoms with van der Waals surface area (Å²) in [6.45, 7) is 4.26. The van der Waals surface area contributed by atoms with Gasteiger partial charge in [-0.1, -0.05) is 11.4 Å². The minimum absolute atomic E-state index is 0.187. The molecule has 144 valence electrons. The third-order valence-electron chi connectivity index (χ3n) is 4.47. The number of ether oxygens (including phenoxy) is 2. The summed E-state index contributed by atoms with van der Waals surface area (Å²) in [6.07, 6.45) is 0.599. The molecule has 2 aromatic rings. The van der Waals surface area contributed by atoms with Crippen LogP contribution < -0.4 is 9.64 Å². The Bertz CT molecular complexity index is 785. The van der Waals surface area contributed by atoms with Crippen LogP contribution in [0.3, 0.4) is 0 Å². The number of amides is 1. The Morgan fingerprint density at radius 3 is 2.48 bits per heavy atom. The van der Waals surface area contributed by atoms with Gasteiger partial charge in [0, 0.05) is 31.9 Å². The summed E-state index contributed by atoms with van der Waals surface area (Å²) in [5.41, 5.74) is 1.70. The Kier molecular flexibility index (Phi) is 6.23. The van der Waals surface area contributed by atoms with Gasteiger partial charge in [-0.15, -0.1) is 5.10 Å². The van der Waals surface area contributed by atoms with Crippen LogP contribution in [-0.2, 0) is 16.0 Å². The molecule has 1 fully saturated rings. The molecule has 0 aliphatic carbocycles. The first-order valence-corrected chi connectivity index (χ1v) is 9.54. The third kappa shape index (κ3) is 4.54. The van der Waals surface area contributed by atoms with Crippen molar-refractivity contribution in [2.75, 3.05) is 44.8 Å². The van der Waals surface area contributed by atoms with E-state index in [-0.39, 0.29) is 12.5 Å². The highest BCUT2D eigenvalue weighted by Crippen LogP contribution is 2.20. The molecule has 0 bridgehead atoms. The second kappa shape index (κ2) is 8.81. The lowest BCUT2D eigenvalue weighted by Gasteiger charge is -2.36. The molecule has 0 atom stereocenters. The van der Waals surface area contributed by atoms with Crippen molar-refractivity contribution in [2.45, 2.75) is 13.3 Å². The van der Waals surface area contributed by atoms with E-state index < -0.39 is 5.97 Å². The van der Waals surface area contributed by atoms with Gasteiger partial charge in [-0.05, 0) is 42.2 Å². The lowest BCUT2D eigenvalue weighted by atomic mass is 10.2. The molecule has 0 unspecified atom stereocenters. The zero-order chi connectivity index (χ0) is 19.2. The van der Waals surface area contributed by atoms with Crippen LogP contribution in [0.25, 0.3) is 0 Å². The average Bonchev–Trinajstić information content (AvgIpc) is 3.21. The van der Waals surface area contributed by atoms with Crippen LogP contribution in [-0.4, -0.2) is 66.3 Å². The Labute approximate surface area is 161 Å². The smallest absolute Gasteiger partial charge is 0.352 e. The first-order valence-electron chi connectivity index (χ1n) is 8.77. The summed E-state index contributed by atoms with van der Waals surface area (Å²) in [6, 6.07) is 7.86. The maximum Gasteiger partial charge on any atom is 0.352 e. The van der Waals surface area contributed by atoms with E-state index in [4.69, 9.17) is 9.47 Å². The Morgan fingerprint density at radius 1 is 1.15 bits per heavy atom. The van der Waals surface area contributed by atoms with Gasteiger partial charge < -0.3 is 19.3 Å². The largest absolute Gasteiger partial charge is 0.497 e. The van der Waals surface area contributed by atoms with Gasteiger partial charge >= 0.3 is 5.97 Å². The summed E-state index contributed by atoms with van der Waals surface area (Å²) in [7, 11) is 1.64. The molecule has 3 rings (SSSR count). The van der Waals surface area contributed by atoms with E-state index in [9.17, 15) is 9.59 Å². The van der Waals surface area contributed by atoms with Crippen LogP contribution >= 0.6 is 11.5 Å². The highest BCUT2D eigenvalue weighted by molar-refractivity contribution is 7.07. The molecule has 1 aromatic heterocycles. The van der Waals surface area contributed by atoms with Crippen molar-refractivity contribution >= 4 is 29.1 Å². The van der Waals surface area contributed by atoms with Crippen LogP contribution in [0.1, 0.15) is 22.3 Å². The van der Waals surface area contributed by atoms with Crippen LogP contribution in [0.5, 0.6) is 5.75 Å². The molecule has 1 aliphatic rings. The maximum atomic E-state index is 12.3. The topological polar surface area (TPSA) is 84.9 Å². The number of hydrogen-bond donors (Lipinski definition) is 0. The first kappa shape index (κ1) is 19.1. The normalized spacial score (nSPS) is 14.1. The molecule has 0 saturated carbocycles. The molecule has 1 aliphatic heterocycles. The lowest BCUT2D eigenvalue weighted by Crippen LogP contribution is -2.49. The van der Waals surface area contributed by atoms with Gasteiger partial charge in [-0.2, -0.15) is 0 Å². The number of hydrogen-bond acceptors (Lipinski definition) is 8. The van der Waals surface area contributed by atoms with E-state index in [1.165, 1.54) is 0 Å². The number of carbonyl (C=O) groups is 2. The van der Waals surface area contributed by atoms with Crippen LogP contribution in [0, 0.1) is 0 Å². The fourth-order valence-electron chi connectivity index (χ4n) is 2.89. The summed E-state index contributed by atoms with van der Waals surface area (Å²) in [4.78, 5) is 28.7. The van der Waals surface area contributed by atoms with Gasteiger partial charge in [0.25, 0.3) is 5.91 Å². The third-order valence-corrected chi connectivity index (χ3v) is 5.22. The molecule has 1 amide bonds. The van der Waals surface area contributed by atoms with E-state index >= 15 is 0 Å². The Hall–Kier alpha value is -2.68. The predicted molar refractivity (Wildman–Crippen MR) is 101 cm³/mol. The highest BCUT2D eigenvalue weighted by Gasteiger charge is 2.23. The quantitative estimate of drug-likeness (QED) is 0.693. The van der Waals surface area contributed by atoms with Crippen molar-refractivity contribution in [3.8, 4) is 5.75 Å². The molecular weight excluding hydrogens is 368 g/mol. The SMILES string of the molecule is CCc1nnsc1C(=O)OCC(=O)N1CCN(c2ccc(OC)cc2)CC1. The van der Waals surface area contributed by atoms with Crippen molar-refractivity contribution in [3.05, 3.63) is 34.8 Å². The number of piperazine rings is 1. The lowest BCUT2D eigenvalue weighted by molar-refractivity contribution is -0.134. The minimum Gasteiger partial charge on any atom is -0.497 e. The fourth-order valence-corrected chi connectivity index (χ4v) is 3.53. The van der Waals surface area contributed by atoms with E-state index in [0.717, 1.165) is 36.1 Å². The van der Waals surface area contributed by atoms with Gasteiger partial charge in [0.1, 0.15) is 5.75 Å². The number of carbonyl (C=O) groups excluding carboxylic acids is 2. The van der Waals surface area contributed by atoms with Crippen LogP contribution in [0.4, 0.5) is 5.69 Å². The molecule has 0 N–H and O–H groups in total. The molecule has 2 heterocycles. The Morgan fingerprint density at radius 2 is 1.85 bits per heavy atom. The number of anilines is 1. The number of benzene rings is 1. The van der Waals surface area contributed by atoms with Crippen molar-refractivity contribution in [2.24, 2.45) is 0 Å². The van der Waals surface area contributed by atoms with Gasteiger partial charge in [-0.3, -0.25) is 4.79 Å². The van der Waals surface area contributed by atoms with E-state index in [0.29, 0.717) is 30.1 Å². The zero-order valence-corrected chi connectivity index (χ0v) is 16.2. The summed E-state index contributed by atoms with van der Waals surface area (Å²) >= 11 is 0.994. The molecule has 8 nitrogen and oxygen atoms in total. The average molecular weight is 390 g/mol. The zero-order valence-electron chi connectivity index (χ0n) is 15.4. The second-order valence-electron chi connectivity index (χ2n) is 6.04. The summed E-state index contributed by atoms with van der Waals surface area (Å²) in [5.74, 6) is 0.0945. The predicted octanol–water partition coefficient (Wildman–Crippen LogP) is 1.61. The van der Waals surface area contributed by atoms with Gasteiger partial charge in [0.2, 0.25) is 0 Å². The monoisotopic (exact) mass is 390 g/mol. The molecule has 0 spiro atoms. The second-order valence-corrected chi connectivity index (χ2v) is 6.80. The standard InChI is InChI=1S/C18H22N4O4S/c1-3-15-17(27-20-19-15)18(24)26-12-16(23)22-10-8-21(9-11-22)13-4-6-14(25-2)7-5-13/h4-7H,3,8-12H2,1-2H3. The molecule has 0 radical (unpaired) electrons. The van der Waals surface area contributed by atoms with E-state index in [2.05, 4.69) is 14.5 Å². The number of rotatable bonds is 6.